The third kappa shape index (κ3) is 7.14. The maximum Gasteiger partial charge on any atom is 0.328 e. The zero-order chi connectivity index (χ0) is 19.5. The summed E-state index contributed by atoms with van der Waals surface area (Å²) in [4.78, 5) is 36.3. The van der Waals surface area contributed by atoms with Gasteiger partial charge in [-0.05, 0) is 32.8 Å². The number of carbonyl (C=O) groups is 3. The summed E-state index contributed by atoms with van der Waals surface area (Å²) < 4.78 is 10.7. The van der Waals surface area contributed by atoms with E-state index in [0.29, 0.717) is 18.4 Å². The van der Waals surface area contributed by atoms with Crippen molar-refractivity contribution in [3.63, 3.8) is 0 Å². The van der Waals surface area contributed by atoms with Crippen LogP contribution in [-0.4, -0.2) is 42.6 Å². The molecule has 1 aromatic rings. The molecule has 0 saturated heterocycles. The molecular formula is C19H26N2O5. The molecule has 0 aromatic heterocycles. The molecule has 0 aliphatic heterocycles. The van der Waals surface area contributed by atoms with E-state index in [2.05, 4.69) is 5.32 Å². The average molecular weight is 362 g/mol. The number of nitrogens with one attached hydrogen (secondary N) is 2. The number of rotatable bonds is 11. The molecule has 0 spiro atoms. The molecule has 142 valence electrons. The molecule has 26 heavy (non-hydrogen) atoms. The second kappa shape index (κ2) is 11.1. The minimum Gasteiger partial charge on any atom is -0.461 e. The van der Waals surface area contributed by atoms with E-state index in [1.54, 1.807) is 45.0 Å². The average Bonchev–Trinajstić information content (AvgIpc) is 2.62. The number of hydrogen-bond donors (Lipinski definition) is 2. The molecule has 1 amide bonds. The monoisotopic (exact) mass is 362 g/mol. The van der Waals surface area contributed by atoms with Crippen LogP contribution in [0.4, 0.5) is 0 Å². The van der Waals surface area contributed by atoms with Gasteiger partial charge in [-0.1, -0.05) is 30.3 Å². The van der Waals surface area contributed by atoms with Crippen molar-refractivity contribution >= 4 is 23.9 Å². The minimum atomic E-state index is -0.986. The van der Waals surface area contributed by atoms with Gasteiger partial charge in [-0.25, -0.2) is 4.79 Å². The number of benzene rings is 1. The molecule has 2 atom stereocenters. The number of ketones is 1. The van der Waals surface area contributed by atoms with Gasteiger partial charge in [0.25, 0.3) is 5.91 Å². The van der Waals surface area contributed by atoms with Crippen LogP contribution >= 0.6 is 0 Å². The quantitative estimate of drug-likeness (QED) is 0.464. The summed E-state index contributed by atoms with van der Waals surface area (Å²) in [5, 5.41) is 9.57. The van der Waals surface area contributed by atoms with Gasteiger partial charge >= 0.3 is 5.97 Å². The number of ether oxygens (including phenoxy) is 2. The molecule has 0 bridgehead atoms. The number of Topliss-reactive ketones (excluding diaryl/α,β-unsaturated/α-hetero) is 1. The summed E-state index contributed by atoms with van der Waals surface area (Å²) >= 11 is 0. The van der Waals surface area contributed by atoms with Crippen molar-refractivity contribution in [2.24, 2.45) is 0 Å². The maximum atomic E-state index is 12.7. The first-order valence-corrected chi connectivity index (χ1v) is 8.59. The Morgan fingerprint density at radius 2 is 1.85 bits per heavy atom. The Kier molecular flexibility index (Phi) is 9.22. The van der Waals surface area contributed by atoms with E-state index < -0.39 is 29.8 Å². The lowest BCUT2D eigenvalue weighted by Crippen LogP contribution is -2.45. The smallest absolute Gasteiger partial charge is 0.328 e. The highest BCUT2D eigenvalue weighted by molar-refractivity contribution is 6.26. The van der Waals surface area contributed by atoms with Crippen molar-refractivity contribution in [1.29, 1.82) is 5.41 Å². The van der Waals surface area contributed by atoms with Gasteiger partial charge in [0.15, 0.2) is 11.9 Å². The first kappa shape index (κ1) is 21.5. The first-order valence-electron chi connectivity index (χ1n) is 8.59. The van der Waals surface area contributed by atoms with Crippen molar-refractivity contribution in [2.75, 3.05) is 6.61 Å². The van der Waals surface area contributed by atoms with E-state index in [-0.39, 0.29) is 18.9 Å². The molecule has 0 aliphatic rings. The molecule has 7 nitrogen and oxygen atoms in total. The van der Waals surface area contributed by atoms with Gasteiger partial charge in [0.1, 0.15) is 6.04 Å². The van der Waals surface area contributed by atoms with Crippen LogP contribution in [-0.2, 0) is 23.9 Å². The lowest BCUT2D eigenvalue weighted by atomic mass is 10.1. The van der Waals surface area contributed by atoms with Crippen LogP contribution in [0.2, 0.25) is 0 Å². The van der Waals surface area contributed by atoms with Crippen molar-refractivity contribution < 1.29 is 23.9 Å². The van der Waals surface area contributed by atoms with Gasteiger partial charge in [0, 0.05) is 13.0 Å². The molecule has 0 radical (unpaired) electrons. The Labute approximate surface area is 153 Å². The zero-order valence-corrected chi connectivity index (χ0v) is 15.4. The van der Waals surface area contributed by atoms with Gasteiger partial charge in [0.2, 0.25) is 0 Å². The fourth-order valence-corrected chi connectivity index (χ4v) is 2.29. The highest BCUT2D eigenvalue weighted by atomic mass is 16.5. The molecule has 0 fully saturated rings. The first-order chi connectivity index (χ1) is 12.4. The molecule has 0 saturated carbocycles. The predicted molar refractivity (Wildman–Crippen MR) is 97.0 cm³/mol. The third-order valence-corrected chi connectivity index (χ3v) is 3.47. The molecule has 1 rings (SSSR count). The van der Waals surface area contributed by atoms with E-state index in [0.717, 1.165) is 0 Å². The van der Waals surface area contributed by atoms with Crippen molar-refractivity contribution in [3.05, 3.63) is 35.9 Å². The maximum absolute atomic E-state index is 12.7. The van der Waals surface area contributed by atoms with Crippen molar-refractivity contribution in [2.45, 2.75) is 51.9 Å². The van der Waals surface area contributed by atoms with Crippen LogP contribution in [0.1, 0.15) is 45.3 Å². The predicted octanol–water partition coefficient (Wildman–Crippen LogP) is 2.20. The fourth-order valence-electron chi connectivity index (χ4n) is 2.29. The number of amides is 1. The van der Waals surface area contributed by atoms with E-state index >= 15 is 0 Å². The third-order valence-electron chi connectivity index (χ3n) is 3.47. The Morgan fingerprint density at radius 3 is 2.38 bits per heavy atom. The van der Waals surface area contributed by atoms with E-state index in [1.807, 2.05) is 6.07 Å². The Bertz CT molecular complexity index is 616. The van der Waals surface area contributed by atoms with Crippen LogP contribution in [0, 0.1) is 5.41 Å². The summed E-state index contributed by atoms with van der Waals surface area (Å²) in [5.41, 5.74) is 0.665. The lowest BCUT2D eigenvalue weighted by Gasteiger charge is -2.22. The van der Waals surface area contributed by atoms with Gasteiger partial charge < -0.3 is 20.2 Å². The molecule has 7 heteroatoms. The molecule has 0 unspecified atom stereocenters. The Hall–Kier alpha value is -2.54. The summed E-state index contributed by atoms with van der Waals surface area (Å²) in [6.45, 7) is 5.50. The standard InChI is InChI=1S/C19H26N2O5/c1-4-25-17(14-8-6-5-7-9-14)18(23)21-16(11-10-15(22)12-20)19(24)26-13(2)3/h5-9,12-13,16-17,20H,4,10-11H2,1-3H3,(H,21,23)/t16-,17-/m0/s1. The van der Waals surface area contributed by atoms with Crippen LogP contribution in [0.5, 0.6) is 0 Å². The van der Waals surface area contributed by atoms with Crippen molar-refractivity contribution in [3.8, 4) is 0 Å². The molecular weight excluding hydrogens is 336 g/mol. The molecule has 1 aromatic carbocycles. The second-order valence-electron chi connectivity index (χ2n) is 5.94. The summed E-state index contributed by atoms with van der Waals surface area (Å²) in [6.07, 6.45) is -0.503. The van der Waals surface area contributed by atoms with Gasteiger partial charge in [0.05, 0.1) is 12.3 Å². The van der Waals surface area contributed by atoms with E-state index in [4.69, 9.17) is 14.9 Å². The van der Waals surface area contributed by atoms with Crippen molar-refractivity contribution in [1.82, 2.24) is 5.32 Å². The van der Waals surface area contributed by atoms with Crippen LogP contribution in [0.3, 0.4) is 0 Å². The lowest BCUT2D eigenvalue weighted by molar-refractivity contribution is -0.153. The Balaban J connectivity index is 2.90. The highest BCUT2D eigenvalue weighted by Crippen LogP contribution is 2.18. The Morgan fingerprint density at radius 1 is 1.19 bits per heavy atom. The summed E-state index contributed by atoms with van der Waals surface area (Å²) in [7, 11) is 0. The van der Waals surface area contributed by atoms with E-state index in [1.165, 1.54) is 0 Å². The number of carbonyl (C=O) groups excluding carboxylic acids is 3. The van der Waals surface area contributed by atoms with Gasteiger partial charge in [-0.2, -0.15) is 0 Å². The minimum absolute atomic E-state index is 0.0354. The normalized spacial score (nSPS) is 12.9. The fraction of sp³-hybridized carbons (Fsp3) is 0.474. The number of hydrogen-bond acceptors (Lipinski definition) is 6. The van der Waals surface area contributed by atoms with Gasteiger partial charge in [-0.3, -0.25) is 9.59 Å². The van der Waals surface area contributed by atoms with Crippen LogP contribution in [0.25, 0.3) is 0 Å². The van der Waals surface area contributed by atoms with Crippen LogP contribution in [0.15, 0.2) is 30.3 Å². The van der Waals surface area contributed by atoms with Crippen LogP contribution < -0.4 is 5.32 Å². The topological polar surface area (TPSA) is 106 Å². The van der Waals surface area contributed by atoms with Gasteiger partial charge in [-0.15, -0.1) is 0 Å². The SMILES string of the molecule is CCO[C@H](C(=O)N[C@@H](CCC(=O)C=N)C(=O)OC(C)C)c1ccccc1. The summed E-state index contributed by atoms with van der Waals surface area (Å²) in [6, 6.07) is 7.96. The highest BCUT2D eigenvalue weighted by Gasteiger charge is 2.28. The molecule has 2 N–H and O–H groups in total. The molecule has 0 heterocycles. The largest absolute Gasteiger partial charge is 0.461 e. The molecule has 0 aliphatic carbocycles. The zero-order valence-electron chi connectivity index (χ0n) is 15.4. The second-order valence-corrected chi connectivity index (χ2v) is 5.94. The van der Waals surface area contributed by atoms with E-state index in [9.17, 15) is 14.4 Å². The summed E-state index contributed by atoms with van der Waals surface area (Å²) in [5.74, 6) is -1.52. The number of esters is 1.